The first-order valence-corrected chi connectivity index (χ1v) is 12.5. The summed E-state index contributed by atoms with van der Waals surface area (Å²) >= 11 is 0. The van der Waals surface area contributed by atoms with Gasteiger partial charge in [-0.1, -0.05) is 56.6 Å². The quantitative estimate of drug-likeness (QED) is 0.398. The highest BCUT2D eigenvalue weighted by molar-refractivity contribution is 6.74. The van der Waals surface area contributed by atoms with Crippen molar-refractivity contribution >= 4 is 8.32 Å². The molecular formula is C23H34O4Si. The molecule has 1 atom stereocenters. The molecule has 154 valence electrons. The third-order valence-corrected chi connectivity index (χ3v) is 9.39. The van der Waals surface area contributed by atoms with Crippen LogP contribution in [0, 0.1) is 23.7 Å². The predicted octanol–water partition coefficient (Wildman–Crippen LogP) is 4.38. The molecule has 1 aromatic carbocycles. The molecular weight excluding hydrogens is 368 g/mol. The zero-order valence-corrected chi connectivity index (χ0v) is 19.1. The van der Waals surface area contributed by atoms with E-state index in [0.717, 1.165) is 11.3 Å². The highest BCUT2D eigenvalue weighted by atomic mass is 28.4. The van der Waals surface area contributed by atoms with Crippen LogP contribution in [0.4, 0.5) is 0 Å². The van der Waals surface area contributed by atoms with Gasteiger partial charge in [-0.2, -0.15) is 0 Å². The largest absolute Gasteiger partial charge is 0.497 e. The van der Waals surface area contributed by atoms with Crippen LogP contribution in [0.15, 0.2) is 24.3 Å². The van der Waals surface area contributed by atoms with Gasteiger partial charge in [-0.05, 0) is 35.8 Å². The van der Waals surface area contributed by atoms with Gasteiger partial charge in [-0.3, -0.25) is 0 Å². The smallest absolute Gasteiger partial charge is 0.192 e. The molecule has 0 aromatic heterocycles. The van der Waals surface area contributed by atoms with E-state index in [0.29, 0.717) is 26.1 Å². The molecule has 1 aromatic rings. The number of methoxy groups -OCH3 is 1. The van der Waals surface area contributed by atoms with Crippen molar-refractivity contribution in [3.63, 3.8) is 0 Å². The average molecular weight is 403 g/mol. The number of hydrogen-bond donors (Lipinski definition) is 1. The summed E-state index contributed by atoms with van der Waals surface area (Å²) in [6, 6.07) is 7.80. The highest BCUT2D eigenvalue weighted by Crippen LogP contribution is 2.37. The van der Waals surface area contributed by atoms with E-state index in [4.69, 9.17) is 19.0 Å². The van der Waals surface area contributed by atoms with Crippen LogP contribution >= 0.6 is 0 Å². The Labute approximate surface area is 171 Å². The zero-order chi connectivity index (χ0) is 21.0. The van der Waals surface area contributed by atoms with Crippen LogP contribution in [0.3, 0.4) is 0 Å². The van der Waals surface area contributed by atoms with Gasteiger partial charge in [-0.15, -0.1) is 0 Å². The molecule has 0 amide bonds. The first kappa shape index (κ1) is 24.3. The maximum absolute atomic E-state index is 8.88. The molecule has 0 radical (unpaired) electrons. The molecule has 28 heavy (non-hydrogen) atoms. The molecule has 1 rings (SSSR count). The summed E-state index contributed by atoms with van der Waals surface area (Å²) in [5.74, 6) is 12.7. The van der Waals surface area contributed by atoms with Gasteiger partial charge >= 0.3 is 0 Å². The summed E-state index contributed by atoms with van der Waals surface area (Å²) < 4.78 is 17.2. The molecule has 4 nitrogen and oxygen atoms in total. The molecule has 0 aliphatic rings. The molecule has 0 heterocycles. The standard InChI is InChI=1S/C23H34O4Si/c1-23(2,3)28(5,6)27-22(11-7-9-17-24)12-8-10-18-26-19-20-13-15-21(25-4)16-14-20/h13-16,22,24H,11-12,17-19H2,1-6H3/t22-/m0/s1. The Hall–Kier alpha value is -1.76. The van der Waals surface area contributed by atoms with Crippen molar-refractivity contribution in [1.82, 2.24) is 0 Å². The second kappa shape index (κ2) is 11.9. The van der Waals surface area contributed by atoms with E-state index in [9.17, 15) is 0 Å². The zero-order valence-electron chi connectivity index (χ0n) is 18.1. The lowest BCUT2D eigenvalue weighted by molar-refractivity contribution is 0.153. The summed E-state index contributed by atoms with van der Waals surface area (Å²) in [5.41, 5.74) is 1.08. The Bertz CT molecular complexity index is 697. The van der Waals surface area contributed by atoms with Gasteiger partial charge in [0.15, 0.2) is 8.32 Å². The van der Waals surface area contributed by atoms with Gasteiger partial charge in [0, 0.05) is 12.8 Å². The maximum Gasteiger partial charge on any atom is 0.192 e. The van der Waals surface area contributed by atoms with Crippen molar-refractivity contribution < 1.29 is 19.0 Å². The van der Waals surface area contributed by atoms with E-state index in [1.807, 2.05) is 24.3 Å². The summed E-state index contributed by atoms with van der Waals surface area (Å²) in [5, 5.41) is 9.01. The minimum absolute atomic E-state index is 0.0472. The van der Waals surface area contributed by atoms with Gasteiger partial charge in [0.25, 0.3) is 0 Å². The third kappa shape index (κ3) is 8.95. The predicted molar refractivity (Wildman–Crippen MR) is 117 cm³/mol. The van der Waals surface area contributed by atoms with Gasteiger partial charge in [0.2, 0.25) is 0 Å². The molecule has 0 aliphatic carbocycles. The topological polar surface area (TPSA) is 47.9 Å². The fourth-order valence-corrected chi connectivity index (χ4v) is 3.52. The highest BCUT2D eigenvalue weighted by Gasteiger charge is 2.38. The normalized spacial score (nSPS) is 12.4. The maximum atomic E-state index is 8.88. The van der Waals surface area contributed by atoms with Gasteiger partial charge in [0.05, 0.1) is 19.8 Å². The summed E-state index contributed by atoms with van der Waals surface area (Å²) in [7, 11) is -0.244. The van der Waals surface area contributed by atoms with E-state index in [2.05, 4.69) is 57.5 Å². The fourth-order valence-electron chi connectivity index (χ4n) is 2.17. The lowest BCUT2D eigenvalue weighted by Crippen LogP contribution is -2.43. The number of aliphatic hydroxyl groups excluding tert-OH is 1. The Morgan fingerprint density at radius 2 is 1.61 bits per heavy atom. The molecule has 1 N–H and O–H groups in total. The van der Waals surface area contributed by atoms with E-state index >= 15 is 0 Å². The molecule has 0 unspecified atom stereocenters. The Morgan fingerprint density at radius 3 is 2.14 bits per heavy atom. The molecule has 0 fully saturated rings. The van der Waals surface area contributed by atoms with Crippen LogP contribution in [-0.2, 0) is 15.8 Å². The Balaban J connectivity index is 2.52. The number of ether oxygens (including phenoxy) is 2. The van der Waals surface area contributed by atoms with Crippen molar-refractivity contribution in [3.8, 4) is 29.4 Å². The van der Waals surface area contributed by atoms with Crippen molar-refractivity contribution in [2.75, 3.05) is 20.3 Å². The van der Waals surface area contributed by atoms with Crippen LogP contribution in [0.1, 0.15) is 39.2 Å². The van der Waals surface area contributed by atoms with E-state index < -0.39 is 8.32 Å². The summed E-state index contributed by atoms with van der Waals surface area (Å²) in [6.45, 7) is 11.9. The second-order valence-corrected chi connectivity index (χ2v) is 12.9. The lowest BCUT2D eigenvalue weighted by atomic mass is 10.2. The fraction of sp³-hybridized carbons (Fsp3) is 0.565. The van der Waals surface area contributed by atoms with Crippen molar-refractivity contribution in [2.45, 2.75) is 64.5 Å². The average Bonchev–Trinajstić information content (AvgIpc) is 2.63. The molecule has 0 saturated carbocycles. The van der Waals surface area contributed by atoms with Crippen molar-refractivity contribution in [3.05, 3.63) is 29.8 Å². The molecule has 0 spiro atoms. The lowest BCUT2D eigenvalue weighted by Gasteiger charge is -2.38. The van der Waals surface area contributed by atoms with Crippen LogP contribution in [-0.4, -0.2) is 39.9 Å². The van der Waals surface area contributed by atoms with Gasteiger partial charge in [0.1, 0.15) is 19.0 Å². The summed E-state index contributed by atoms with van der Waals surface area (Å²) in [6.07, 6.45) is 1.14. The van der Waals surface area contributed by atoms with Crippen molar-refractivity contribution in [2.24, 2.45) is 0 Å². The van der Waals surface area contributed by atoms with E-state index in [1.54, 1.807) is 7.11 Å². The third-order valence-electron chi connectivity index (χ3n) is 4.86. The van der Waals surface area contributed by atoms with Crippen LogP contribution in [0.5, 0.6) is 5.75 Å². The molecule has 0 saturated heterocycles. The van der Waals surface area contributed by atoms with Crippen LogP contribution < -0.4 is 4.74 Å². The molecule has 0 bridgehead atoms. The number of benzene rings is 1. The van der Waals surface area contributed by atoms with Crippen molar-refractivity contribution in [1.29, 1.82) is 0 Å². The second-order valence-electron chi connectivity index (χ2n) is 8.11. The molecule has 5 heteroatoms. The van der Waals surface area contributed by atoms with Gasteiger partial charge in [-0.25, -0.2) is 0 Å². The first-order valence-electron chi connectivity index (χ1n) is 9.60. The molecule has 0 aliphatic heterocycles. The van der Waals surface area contributed by atoms with E-state index in [1.165, 1.54) is 0 Å². The van der Waals surface area contributed by atoms with Crippen LogP contribution in [0.2, 0.25) is 18.1 Å². The number of rotatable bonds is 8. The number of aliphatic hydroxyl groups is 1. The van der Waals surface area contributed by atoms with Crippen LogP contribution in [0.25, 0.3) is 0 Å². The minimum atomic E-state index is -1.90. The first-order chi connectivity index (χ1) is 13.2. The number of hydrogen-bond acceptors (Lipinski definition) is 4. The monoisotopic (exact) mass is 402 g/mol. The van der Waals surface area contributed by atoms with E-state index in [-0.39, 0.29) is 17.7 Å². The minimum Gasteiger partial charge on any atom is -0.497 e. The van der Waals surface area contributed by atoms with Gasteiger partial charge < -0.3 is 19.0 Å². The SMILES string of the molecule is COc1ccc(COCC#CC[C@H](CC#CCO)O[Si](C)(C)C(C)(C)C)cc1. The summed E-state index contributed by atoms with van der Waals surface area (Å²) in [4.78, 5) is 0. The Morgan fingerprint density at radius 1 is 1.00 bits per heavy atom. The Kier molecular flexibility index (Phi) is 10.4.